The summed E-state index contributed by atoms with van der Waals surface area (Å²) in [5.41, 5.74) is 1.05. The zero-order chi connectivity index (χ0) is 15.9. The fourth-order valence-corrected chi connectivity index (χ4v) is 2.13. The Bertz CT molecular complexity index is 376. The third kappa shape index (κ3) is 11.6. The third-order valence-corrected chi connectivity index (χ3v) is 3.20. The Morgan fingerprint density at radius 2 is 1.95 bits per heavy atom. The van der Waals surface area contributed by atoms with Gasteiger partial charge in [0, 0.05) is 13.7 Å². The Kier molecular flexibility index (Phi) is 13.7. The van der Waals surface area contributed by atoms with Crippen LogP contribution in [0.25, 0.3) is 6.08 Å². The summed E-state index contributed by atoms with van der Waals surface area (Å²) in [7, 11) is 5.14. The SMILES string of the molecule is CN(C)CCCNS/C=C/c1ccc(OSF)cc1.CO. The molecule has 0 amide bonds. The highest BCUT2D eigenvalue weighted by atomic mass is 32.2. The molecule has 0 radical (unpaired) electrons. The second kappa shape index (κ2) is 14.2. The van der Waals surface area contributed by atoms with Crippen molar-refractivity contribution < 1.29 is 13.2 Å². The molecule has 0 saturated heterocycles. The van der Waals surface area contributed by atoms with Gasteiger partial charge in [-0.05, 0) is 56.2 Å². The van der Waals surface area contributed by atoms with Gasteiger partial charge in [0.1, 0.15) is 5.75 Å². The van der Waals surface area contributed by atoms with Gasteiger partial charge in [0.25, 0.3) is 12.4 Å². The van der Waals surface area contributed by atoms with Crippen LogP contribution in [0.3, 0.4) is 0 Å². The van der Waals surface area contributed by atoms with Crippen LogP contribution in [-0.2, 0) is 0 Å². The minimum Gasteiger partial charge on any atom is -0.400 e. The summed E-state index contributed by atoms with van der Waals surface area (Å²) in [6.07, 6.45) is 3.12. The van der Waals surface area contributed by atoms with Gasteiger partial charge in [0.05, 0.1) is 0 Å². The Morgan fingerprint density at radius 3 is 2.52 bits per heavy atom. The van der Waals surface area contributed by atoms with E-state index in [1.54, 1.807) is 24.1 Å². The number of nitrogens with one attached hydrogen (secondary N) is 1. The van der Waals surface area contributed by atoms with E-state index in [4.69, 9.17) is 5.11 Å². The molecule has 0 aliphatic carbocycles. The Morgan fingerprint density at radius 1 is 1.29 bits per heavy atom. The van der Waals surface area contributed by atoms with Crippen LogP contribution >= 0.6 is 24.4 Å². The maximum absolute atomic E-state index is 11.8. The van der Waals surface area contributed by atoms with Crippen molar-refractivity contribution in [2.24, 2.45) is 0 Å². The summed E-state index contributed by atoms with van der Waals surface area (Å²) in [6, 6.07) is 7.24. The van der Waals surface area contributed by atoms with Gasteiger partial charge in [-0.25, -0.2) is 0 Å². The summed E-state index contributed by atoms with van der Waals surface area (Å²) in [5, 5.41) is 9.00. The first kappa shape index (κ1) is 20.3. The average Bonchev–Trinajstić information content (AvgIpc) is 2.50. The molecule has 0 fully saturated rings. The molecular formula is C14H23FN2O2S2. The van der Waals surface area contributed by atoms with E-state index in [0.717, 1.165) is 32.2 Å². The summed E-state index contributed by atoms with van der Waals surface area (Å²) >= 11 is 1.43. The minimum absolute atomic E-state index is 0.144. The minimum atomic E-state index is -0.144. The molecule has 0 aliphatic rings. The predicted octanol–water partition coefficient (Wildman–Crippen LogP) is 3.37. The predicted molar refractivity (Wildman–Crippen MR) is 91.7 cm³/mol. The van der Waals surface area contributed by atoms with E-state index < -0.39 is 0 Å². The Hall–Kier alpha value is -0.730. The molecule has 0 spiro atoms. The van der Waals surface area contributed by atoms with Crippen molar-refractivity contribution in [2.75, 3.05) is 34.3 Å². The van der Waals surface area contributed by atoms with Crippen LogP contribution in [0, 0.1) is 0 Å². The largest absolute Gasteiger partial charge is 0.400 e. The van der Waals surface area contributed by atoms with Crippen molar-refractivity contribution in [3.63, 3.8) is 0 Å². The molecule has 2 N–H and O–H groups in total. The lowest BCUT2D eigenvalue weighted by atomic mass is 10.2. The summed E-state index contributed by atoms with van der Waals surface area (Å²) in [4.78, 5) is 2.17. The zero-order valence-electron chi connectivity index (χ0n) is 12.6. The molecule has 1 aromatic rings. The second-order valence-corrected chi connectivity index (χ2v) is 5.28. The van der Waals surface area contributed by atoms with Gasteiger partial charge in [0.2, 0.25) is 0 Å². The molecule has 21 heavy (non-hydrogen) atoms. The molecule has 4 nitrogen and oxygen atoms in total. The van der Waals surface area contributed by atoms with Crippen LogP contribution in [0.1, 0.15) is 12.0 Å². The molecular weight excluding hydrogens is 311 g/mol. The van der Waals surface area contributed by atoms with Crippen molar-refractivity contribution in [3.8, 4) is 5.75 Å². The van der Waals surface area contributed by atoms with E-state index in [1.165, 1.54) is 0 Å². The summed E-state index contributed by atoms with van der Waals surface area (Å²) < 4.78 is 19.8. The lowest BCUT2D eigenvalue weighted by Gasteiger charge is -2.08. The molecule has 120 valence electrons. The number of nitrogens with zero attached hydrogens (tertiary/aromatic N) is 1. The first-order valence-corrected chi connectivity index (χ1v) is 7.94. The van der Waals surface area contributed by atoms with Crippen LogP contribution in [0.2, 0.25) is 0 Å². The normalized spacial score (nSPS) is 10.6. The standard InChI is InChI=1S/C13H19FN2OS2.CH4O/c1-16(2)10-3-9-15-18-11-8-12-4-6-13(7-5-12)17-19-14;1-2/h4-8,11,15H,3,9-10H2,1-2H3;2H,1H3/b11-8+;. The van der Waals surface area contributed by atoms with Gasteiger partial charge in [0.15, 0.2) is 0 Å². The molecule has 1 rings (SSSR count). The maximum atomic E-state index is 11.8. The molecule has 0 aliphatic heterocycles. The number of benzene rings is 1. The fourth-order valence-electron chi connectivity index (χ4n) is 1.36. The van der Waals surface area contributed by atoms with Crippen molar-refractivity contribution >= 4 is 30.5 Å². The highest BCUT2D eigenvalue weighted by molar-refractivity contribution is 8.00. The molecule has 0 bridgehead atoms. The molecule has 1 aromatic carbocycles. The second-order valence-electron chi connectivity index (χ2n) is 4.19. The molecule has 0 atom stereocenters. The van der Waals surface area contributed by atoms with Gasteiger partial charge in [-0.15, -0.1) is 3.89 Å². The number of rotatable bonds is 9. The van der Waals surface area contributed by atoms with Gasteiger partial charge >= 0.3 is 0 Å². The molecule has 0 heterocycles. The van der Waals surface area contributed by atoms with Crippen LogP contribution in [0.4, 0.5) is 3.89 Å². The number of aliphatic hydroxyl groups is 1. The van der Waals surface area contributed by atoms with E-state index in [-0.39, 0.29) is 12.4 Å². The van der Waals surface area contributed by atoms with Crippen LogP contribution < -0.4 is 8.91 Å². The number of hydrogen-bond acceptors (Lipinski definition) is 6. The van der Waals surface area contributed by atoms with Gasteiger partial charge in [-0.2, -0.15) is 0 Å². The monoisotopic (exact) mass is 334 g/mol. The highest BCUT2D eigenvalue weighted by Gasteiger charge is 1.93. The summed E-state index contributed by atoms with van der Waals surface area (Å²) in [5.74, 6) is 0.513. The molecule has 0 aromatic heterocycles. The maximum Gasteiger partial charge on any atom is 0.272 e. The lowest BCUT2D eigenvalue weighted by Crippen LogP contribution is -2.17. The van der Waals surface area contributed by atoms with E-state index >= 15 is 0 Å². The van der Waals surface area contributed by atoms with Crippen LogP contribution in [0.15, 0.2) is 29.7 Å². The number of hydrogen-bond donors (Lipinski definition) is 2. The van der Waals surface area contributed by atoms with Crippen LogP contribution in [0.5, 0.6) is 5.75 Å². The van der Waals surface area contributed by atoms with E-state index in [2.05, 4.69) is 27.9 Å². The van der Waals surface area contributed by atoms with Gasteiger partial charge < -0.3 is 14.2 Å². The Balaban J connectivity index is 0.00000191. The fraction of sp³-hybridized carbons (Fsp3) is 0.429. The number of halogens is 1. The first-order valence-electron chi connectivity index (χ1n) is 6.42. The zero-order valence-corrected chi connectivity index (χ0v) is 14.2. The lowest BCUT2D eigenvalue weighted by molar-refractivity contribution is 0.399. The average molecular weight is 334 g/mol. The van der Waals surface area contributed by atoms with Crippen molar-refractivity contribution in [1.82, 2.24) is 9.62 Å². The highest BCUT2D eigenvalue weighted by Crippen LogP contribution is 2.18. The molecule has 7 heteroatoms. The van der Waals surface area contributed by atoms with E-state index in [0.29, 0.717) is 5.75 Å². The summed E-state index contributed by atoms with van der Waals surface area (Å²) in [6.45, 7) is 2.07. The third-order valence-electron chi connectivity index (χ3n) is 2.30. The quantitative estimate of drug-likeness (QED) is 0.410. The Labute approximate surface area is 135 Å². The van der Waals surface area contributed by atoms with Crippen molar-refractivity contribution in [1.29, 1.82) is 0 Å². The number of aliphatic hydroxyl groups excluding tert-OH is 1. The smallest absolute Gasteiger partial charge is 0.272 e. The van der Waals surface area contributed by atoms with Gasteiger partial charge in [-0.3, -0.25) is 4.72 Å². The van der Waals surface area contributed by atoms with E-state index in [1.807, 2.05) is 23.6 Å². The van der Waals surface area contributed by atoms with Crippen molar-refractivity contribution in [3.05, 3.63) is 35.2 Å². The first-order chi connectivity index (χ1) is 10.2. The molecule has 0 unspecified atom stereocenters. The molecule has 0 saturated carbocycles. The van der Waals surface area contributed by atoms with E-state index in [9.17, 15) is 3.89 Å². The topological polar surface area (TPSA) is 44.7 Å². The van der Waals surface area contributed by atoms with Gasteiger partial charge in [-0.1, -0.05) is 24.1 Å². The van der Waals surface area contributed by atoms with Crippen LogP contribution in [-0.4, -0.2) is 44.3 Å². The van der Waals surface area contributed by atoms with Crippen molar-refractivity contribution in [2.45, 2.75) is 6.42 Å².